The van der Waals surface area contributed by atoms with Crippen molar-refractivity contribution < 1.29 is 4.74 Å². The van der Waals surface area contributed by atoms with Crippen LogP contribution in [0.5, 0.6) is 5.75 Å². The molecule has 0 bridgehead atoms. The van der Waals surface area contributed by atoms with Crippen LogP contribution < -0.4 is 4.74 Å². The summed E-state index contributed by atoms with van der Waals surface area (Å²) in [6, 6.07) is 14.9. The van der Waals surface area contributed by atoms with Crippen molar-refractivity contribution in [2.75, 3.05) is 13.2 Å². The first-order valence-electron chi connectivity index (χ1n) is 7.16. The second kappa shape index (κ2) is 5.49. The SMILES string of the molecule is CCOc1cc(C)ccc1C1=NCCc2ccccc21. The molecule has 1 aliphatic heterocycles. The van der Waals surface area contributed by atoms with E-state index >= 15 is 0 Å². The molecule has 0 aliphatic carbocycles. The number of fused-ring (bicyclic) bond motifs is 1. The van der Waals surface area contributed by atoms with Gasteiger partial charge in [0.25, 0.3) is 0 Å². The Morgan fingerprint density at radius 1 is 1.10 bits per heavy atom. The first kappa shape index (κ1) is 12.9. The van der Waals surface area contributed by atoms with Crippen molar-refractivity contribution in [3.05, 3.63) is 64.7 Å². The quantitative estimate of drug-likeness (QED) is 0.827. The molecule has 1 heterocycles. The highest BCUT2D eigenvalue weighted by molar-refractivity contribution is 6.15. The van der Waals surface area contributed by atoms with Gasteiger partial charge in [0.05, 0.1) is 12.3 Å². The third-order valence-electron chi connectivity index (χ3n) is 3.62. The Bertz CT molecular complexity index is 658. The van der Waals surface area contributed by atoms with E-state index in [4.69, 9.17) is 9.73 Å². The second-order valence-corrected chi connectivity index (χ2v) is 5.07. The minimum atomic E-state index is 0.672. The van der Waals surface area contributed by atoms with E-state index < -0.39 is 0 Å². The lowest BCUT2D eigenvalue weighted by Crippen LogP contribution is -2.15. The average Bonchev–Trinajstić information content (AvgIpc) is 2.47. The first-order chi connectivity index (χ1) is 9.79. The van der Waals surface area contributed by atoms with E-state index in [2.05, 4.69) is 49.4 Å². The number of hydrogen-bond donors (Lipinski definition) is 0. The summed E-state index contributed by atoms with van der Waals surface area (Å²) in [6.07, 6.45) is 1.02. The van der Waals surface area contributed by atoms with Gasteiger partial charge in [-0.15, -0.1) is 0 Å². The van der Waals surface area contributed by atoms with Gasteiger partial charge in [-0.05, 0) is 43.5 Å². The standard InChI is InChI=1S/C18H19NO/c1-3-20-17-12-13(2)8-9-16(17)18-15-7-5-4-6-14(15)10-11-19-18/h4-9,12H,3,10-11H2,1-2H3. The molecule has 0 N–H and O–H groups in total. The van der Waals surface area contributed by atoms with Crippen molar-refractivity contribution in [2.45, 2.75) is 20.3 Å². The molecule has 0 fully saturated rings. The molecule has 0 saturated carbocycles. The highest BCUT2D eigenvalue weighted by atomic mass is 16.5. The number of ether oxygens (including phenoxy) is 1. The predicted octanol–water partition coefficient (Wildman–Crippen LogP) is 3.79. The molecule has 2 heteroatoms. The molecule has 102 valence electrons. The van der Waals surface area contributed by atoms with Gasteiger partial charge in [0.15, 0.2) is 0 Å². The van der Waals surface area contributed by atoms with Gasteiger partial charge in [-0.2, -0.15) is 0 Å². The van der Waals surface area contributed by atoms with Gasteiger partial charge in [-0.3, -0.25) is 4.99 Å². The van der Waals surface area contributed by atoms with Crippen LogP contribution in [0, 0.1) is 6.92 Å². The predicted molar refractivity (Wildman–Crippen MR) is 83.0 cm³/mol. The van der Waals surface area contributed by atoms with Crippen LogP contribution in [0.3, 0.4) is 0 Å². The zero-order chi connectivity index (χ0) is 13.9. The molecule has 0 radical (unpaired) electrons. The largest absolute Gasteiger partial charge is 0.493 e. The molecule has 0 aromatic heterocycles. The molecule has 2 aromatic carbocycles. The first-order valence-corrected chi connectivity index (χ1v) is 7.16. The van der Waals surface area contributed by atoms with E-state index in [0.717, 1.165) is 30.0 Å². The summed E-state index contributed by atoms with van der Waals surface area (Å²) in [5.74, 6) is 0.933. The molecule has 2 nitrogen and oxygen atoms in total. The summed E-state index contributed by atoms with van der Waals surface area (Å²) in [5.41, 5.74) is 5.99. The monoisotopic (exact) mass is 265 g/mol. The van der Waals surface area contributed by atoms with E-state index in [-0.39, 0.29) is 0 Å². The van der Waals surface area contributed by atoms with Crippen LogP contribution in [-0.4, -0.2) is 18.9 Å². The number of hydrogen-bond acceptors (Lipinski definition) is 2. The molecule has 0 saturated heterocycles. The highest BCUT2D eigenvalue weighted by Gasteiger charge is 2.18. The van der Waals surface area contributed by atoms with E-state index in [1.54, 1.807) is 0 Å². The number of rotatable bonds is 3. The molecule has 20 heavy (non-hydrogen) atoms. The fourth-order valence-electron chi connectivity index (χ4n) is 2.67. The Morgan fingerprint density at radius 2 is 1.95 bits per heavy atom. The molecular weight excluding hydrogens is 246 g/mol. The minimum Gasteiger partial charge on any atom is -0.493 e. The van der Waals surface area contributed by atoms with Crippen molar-refractivity contribution in [3.63, 3.8) is 0 Å². The summed E-state index contributed by atoms with van der Waals surface area (Å²) in [7, 11) is 0. The zero-order valence-electron chi connectivity index (χ0n) is 12.0. The van der Waals surface area contributed by atoms with Crippen LogP contribution in [0.2, 0.25) is 0 Å². The van der Waals surface area contributed by atoms with Crippen LogP contribution >= 0.6 is 0 Å². The average molecular weight is 265 g/mol. The third kappa shape index (κ3) is 2.34. The Morgan fingerprint density at radius 3 is 2.80 bits per heavy atom. The number of aryl methyl sites for hydroxylation is 1. The number of nitrogens with zero attached hydrogens (tertiary/aromatic N) is 1. The van der Waals surface area contributed by atoms with Crippen LogP contribution in [0.4, 0.5) is 0 Å². The van der Waals surface area contributed by atoms with Gasteiger partial charge in [0.1, 0.15) is 5.75 Å². The fraction of sp³-hybridized carbons (Fsp3) is 0.278. The molecular formula is C18H19NO. The highest BCUT2D eigenvalue weighted by Crippen LogP contribution is 2.27. The Hall–Kier alpha value is -2.09. The van der Waals surface area contributed by atoms with Crippen molar-refractivity contribution in [3.8, 4) is 5.75 Å². The molecule has 0 unspecified atom stereocenters. The number of benzene rings is 2. The maximum Gasteiger partial charge on any atom is 0.128 e. The molecule has 1 aliphatic rings. The molecule has 2 aromatic rings. The summed E-state index contributed by atoms with van der Waals surface area (Å²) >= 11 is 0. The van der Waals surface area contributed by atoms with Gasteiger partial charge < -0.3 is 4.74 Å². The summed E-state index contributed by atoms with van der Waals surface area (Å²) in [5, 5.41) is 0. The molecule has 3 rings (SSSR count). The second-order valence-electron chi connectivity index (χ2n) is 5.07. The molecule has 0 spiro atoms. The lowest BCUT2D eigenvalue weighted by molar-refractivity contribution is 0.339. The van der Waals surface area contributed by atoms with E-state index in [1.807, 2.05) is 6.92 Å². The van der Waals surface area contributed by atoms with Gasteiger partial charge in [-0.1, -0.05) is 30.3 Å². The maximum absolute atomic E-state index is 5.81. The number of aliphatic imine (C=N–C) groups is 1. The van der Waals surface area contributed by atoms with Gasteiger partial charge >= 0.3 is 0 Å². The Labute approximate surface area is 120 Å². The van der Waals surface area contributed by atoms with Crippen molar-refractivity contribution >= 4 is 5.71 Å². The van der Waals surface area contributed by atoms with Crippen molar-refractivity contribution in [2.24, 2.45) is 4.99 Å². The van der Waals surface area contributed by atoms with Crippen molar-refractivity contribution in [1.82, 2.24) is 0 Å². The van der Waals surface area contributed by atoms with E-state index in [9.17, 15) is 0 Å². The topological polar surface area (TPSA) is 21.6 Å². The zero-order valence-corrected chi connectivity index (χ0v) is 12.0. The van der Waals surface area contributed by atoms with Crippen LogP contribution in [0.1, 0.15) is 29.2 Å². The van der Waals surface area contributed by atoms with Crippen LogP contribution in [0.25, 0.3) is 0 Å². The van der Waals surface area contributed by atoms with Gasteiger partial charge in [-0.25, -0.2) is 0 Å². The minimum absolute atomic E-state index is 0.672. The molecule has 0 atom stereocenters. The molecule has 0 amide bonds. The lowest BCUT2D eigenvalue weighted by Gasteiger charge is -2.19. The lowest BCUT2D eigenvalue weighted by atomic mass is 9.92. The van der Waals surface area contributed by atoms with Crippen LogP contribution in [-0.2, 0) is 6.42 Å². The van der Waals surface area contributed by atoms with Crippen LogP contribution in [0.15, 0.2) is 47.5 Å². The van der Waals surface area contributed by atoms with Gasteiger partial charge in [0, 0.05) is 17.7 Å². The third-order valence-corrected chi connectivity index (χ3v) is 3.62. The van der Waals surface area contributed by atoms with Crippen molar-refractivity contribution in [1.29, 1.82) is 0 Å². The maximum atomic E-state index is 5.81. The van der Waals surface area contributed by atoms with Gasteiger partial charge in [0.2, 0.25) is 0 Å². The normalized spacial score (nSPS) is 13.6. The van der Waals surface area contributed by atoms with E-state index in [0.29, 0.717) is 6.61 Å². The van der Waals surface area contributed by atoms with E-state index in [1.165, 1.54) is 16.7 Å². The summed E-state index contributed by atoms with van der Waals surface area (Å²) < 4.78 is 5.81. The fourth-order valence-corrected chi connectivity index (χ4v) is 2.67. The Balaban J connectivity index is 2.12. The summed E-state index contributed by atoms with van der Waals surface area (Å²) in [6.45, 7) is 5.63. The summed E-state index contributed by atoms with van der Waals surface area (Å²) in [4.78, 5) is 4.75. The smallest absolute Gasteiger partial charge is 0.128 e. The Kier molecular flexibility index (Phi) is 3.55.